The normalized spacial score (nSPS) is 12.4. The summed E-state index contributed by atoms with van der Waals surface area (Å²) < 4.78 is 0. The van der Waals surface area contributed by atoms with E-state index in [0.29, 0.717) is 0 Å². The topological polar surface area (TPSA) is 24.4 Å². The molecule has 0 heterocycles. The number of hydrogen-bond donors (Lipinski definition) is 1. The first kappa shape index (κ1) is 11.1. The maximum atomic E-state index is 4.31. The van der Waals surface area contributed by atoms with Gasteiger partial charge in [0.25, 0.3) is 0 Å². The summed E-state index contributed by atoms with van der Waals surface area (Å²) in [5.41, 5.74) is 2.10. The van der Waals surface area contributed by atoms with E-state index in [9.17, 15) is 0 Å². The number of allylic oxidation sites excluding steroid dienone is 3. The largest absolute Gasteiger partial charge is 0.318 e. The Hall–Kier alpha value is -0.890. The fourth-order valence-corrected chi connectivity index (χ4v) is 0.660. The Kier molecular flexibility index (Phi) is 6.29. The summed E-state index contributed by atoms with van der Waals surface area (Å²) in [6.07, 6.45) is 3.95. The third-order valence-corrected chi connectivity index (χ3v) is 1.33. The van der Waals surface area contributed by atoms with E-state index in [4.69, 9.17) is 0 Å². The molecule has 0 saturated heterocycles. The second kappa shape index (κ2) is 6.80. The molecule has 0 aromatic rings. The Labute approximate surface area is 75.1 Å². The zero-order valence-electron chi connectivity index (χ0n) is 8.22. The summed E-state index contributed by atoms with van der Waals surface area (Å²) in [7, 11) is 1.93. The van der Waals surface area contributed by atoms with Gasteiger partial charge in [0.1, 0.15) is 0 Å². The van der Waals surface area contributed by atoms with Crippen molar-refractivity contribution in [2.75, 3.05) is 20.1 Å². The fourth-order valence-electron chi connectivity index (χ4n) is 0.660. The monoisotopic (exact) mass is 166 g/mol. The molecule has 0 spiro atoms. The van der Waals surface area contributed by atoms with Crippen LogP contribution < -0.4 is 5.32 Å². The van der Waals surface area contributed by atoms with Gasteiger partial charge in [0.05, 0.1) is 6.54 Å². The van der Waals surface area contributed by atoms with Crippen molar-refractivity contribution in [2.24, 2.45) is 4.99 Å². The van der Waals surface area contributed by atoms with Gasteiger partial charge in [-0.2, -0.15) is 0 Å². The lowest BCUT2D eigenvalue weighted by molar-refractivity contribution is 0.803. The lowest BCUT2D eigenvalue weighted by Gasteiger charge is -1.94. The third kappa shape index (κ3) is 7.22. The molecule has 2 heteroatoms. The molecule has 0 bridgehead atoms. The minimum atomic E-state index is 0.836. The molecule has 2 nitrogen and oxygen atoms in total. The van der Waals surface area contributed by atoms with Crippen LogP contribution in [0.15, 0.2) is 29.3 Å². The molecule has 0 amide bonds. The van der Waals surface area contributed by atoms with E-state index in [-0.39, 0.29) is 0 Å². The highest BCUT2D eigenvalue weighted by Gasteiger charge is 1.83. The summed E-state index contributed by atoms with van der Waals surface area (Å²) >= 11 is 0. The number of nitrogens with one attached hydrogen (secondary N) is 1. The van der Waals surface area contributed by atoms with Gasteiger partial charge in [-0.15, -0.1) is 0 Å². The molecule has 0 atom stereocenters. The first-order valence-corrected chi connectivity index (χ1v) is 4.16. The number of nitrogens with zero attached hydrogens (tertiary/aromatic N) is 1. The van der Waals surface area contributed by atoms with E-state index in [0.717, 1.165) is 24.4 Å². The highest BCUT2D eigenvalue weighted by atomic mass is 14.9. The summed E-state index contributed by atoms with van der Waals surface area (Å²) in [5, 5.41) is 3.04. The van der Waals surface area contributed by atoms with E-state index in [1.165, 1.54) is 0 Å². The van der Waals surface area contributed by atoms with Crippen LogP contribution in [-0.2, 0) is 0 Å². The Morgan fingerprint density at radius 3 is 2.58 bits per heavy atom. The lowest BCUT2D eigenvalue weighted by atomic mass is 10.3. The highest BCUT2D eigenvalue weighted by Crippen LogP contribution is 1.90. The SMILES string of the molecule is C=C(C)/C=C\C(C)=NCCNC. The van der Waals surface area contributed by atoms with E-state index in [2.05, 4.69) is 16.9 Å². The molecular weight excluding hydrogens is 148 g/mol. The lowest BCUT2D eigenvalue weighted by Crippen LogP contribution is -2.11. The molecular formula is C10H18N2. The van der Waals surface area contributed by atoms with Gasteiger partial charge in [-0.05, 0) is 27.0 Å². The van der Waals surface area contributed by atoms with Crippen molar-refractivity contribution in [3.63, 3.8) is 0 Å². The molecule has 68 valence electrons. The minimum absolute atomic E-state index is 0.836. The van der Waals surface area contributed by atoms with Crippen LogP contribution in [0, 0.1) is 0 Å². The van der Waals surface area contributed by atoms with Crippen LogP contribution in [0.25, 0.3) is 0 Å². The first-order valence-electron chi connectivity index (χ1n) is 4.16. The van der Waals surface area contributed by atoms with Crippen LogP contribution >= 0.6 is 0 Å². The van der Waals surface area contributed by atoms with Crippen molar-refractivity contribution in [1.29, 1.82) is 0 Å². The van der Waals surface area contributed by atoms with Crippen molar-refractivity contribution in [2.45, 2.75) is 13.8 Å². The minimum Gasteiger partial charge on any atom is -0.318 e. The first-order chi connectivity index (χ1) is 5.66. The summed E-state index contributed by atoms with van der Waals surface area (Å²) in [6.45, 7) is 9.50. The molecule has 0 fully saturated rings. The third-order valence-electron chi connectivity index (χ3n) is 1.33. The van der Waals surface area contributed by atoms with E-state index < -0.39 is 0 Å². The maximum Gasteiger partial charge on any atom is 0.0517 e. The van der Waals surface area contributed by atoms with Gasteiger partial charge < -0.3 is 5.32 Å². The second-order valence-electron chi connectivity index (χ2n) is 2.81. The standard InChI is InChI=1S/C10H18N2/c1-9(2)5-6-10(3)12-8-7-11-4/h5-6,11H,1,7-8H2,2-4H3/b6-5-,12-10?. The van der Waals surface area contributed by atoms with Gasteiger partial charge in [0, 0.05) is 12.3 Å². The number of aliphatic imine (C=N–C) groups is 1. The smallest absolute Gasteiger partial charge is 0.0517 e. The Morgan fingerprint density at radius 1 is 1.42 bits per heavy atom. The summed E-state index contributed by atoms with van der Waals surface area (Å²) in [6, 6.07) is 0. The van der Waals surface area contributed by atoms with Gasteiger partial charge in [-0.3, -0.25) is 4.99 Å². The molecule has 0 rings (SSSR count). The van der Waals surface area contributed by atoms with Crippen LogP contribution in [0.1, 0.15) is 13.8 Å². The quantitative estimate of drug-likeness (QED) is 0.376. The zero-order chi connectivity index (χ0) is 9.40. The maximum absolute atomic E-state index is 4.31. The average molecular weight is 166 g/mol. The number of likely N-dealkylation sites (N-methyl/N-ethyl adjacent to an activating group) is 1. The number of hydrogen-bond acceptors (Lipinski definition) is 2. The molecule has 0 saturated carbocycles. The zero-order valence-corrected chi connectivity index (χ0v) is 8.22. The summed E-state index contributed by atoms with van der Waals surface area (Å²) in [5.74, 6) is 0. The molecule has 12 heavy (non-hydrogen) atoms. The predicted octanol–water partition coefficient (Wildman–Crippen LogP) is 1.80. The van der Waals surface area contributed by atoms with Gasteiger partial charge in [0.2, 0.25) is 0 Å². The van der Waals surface area contributed by atoms with Crippen LogP contribution in [0.5, 0.6) is 0 Å². The van der Waals surface area contributed by atoms with Gasteiger partial charge in [0.15, 0.2) is 0 Å². The van der Waals surface area contributed by atoms with Gasteiger partial charge >= 0.3 is 0 Å². The second-order valence-corrected chi connectivity index (χ2v) is 2.81. The van der Waals surface area contributed by atoms with Crippen LogP contribution in [0.2, 0.25) is 0 Å². The van der Waals surface area contributed by atoms with E-state index >= 15 is 0 Å². The molecule has 0 aromatic carbocycles. The van der Waals surface area contributed by atoms with Crippen molar-refractivity contribution < 1.29 is 0 Å². The van der Waals surface area contributed by atoms with Crippen molar-refractivity contribution in [1.82, 2.24) is 5.32 Å². The van der Waals surface area contributed by atoms with Crippen LogP contribution in [0.3, 0.4) is 0 Å². The fraction of sp³-hybridized carbons (Fsp3) is 0.500. The Morgan fingerprint density at radius 2 is 2.08 bits per heavy atom. The molecule has 0 unspecified atom stereocenters. The highest BCUT2D eigenvalue weighted by molar-refractivity contribution is 5.93. The molecule has 0 radical (unpaired) electrons. The van der Waals surface area contributed by atoms with Crippen LogP contribution in [0.4, 0.5) is 0 Å². The van der Waals surface area contributed by atoms with Crippen molar-refractivity contribution in [3.8, 4) is 0 Å². The molecule has 1 N–H and O–H groups in total. The van der Waals surface area contributed by atoms with Crippen LogP contribution in [-0.4, -0.2) is 25.8 Å². The molecule has 0 aliphatic carbocycles. The molecule has 0 aliphatic rings. The average Bonchev–Trinajstić information content (AvgIpc) is 2.01. The molecule has 0 aliphatic heterocycles. The Balaban J connectivity index is 3.77. The van der Waals surface area contributed by atoms with Crippen molar-refractivity contribution in [3.05, 3.63) is 24.3 Å². The van der Waals surface area contributed by atoms with Gasteiger partial charge in [-0.25, -0.2) is 0 Å². The number of rotatable bonds is 5. The van der Waals surface area contributed by atoms with E-state index in [1.807, 2.05) is 33.0 Å². The van der Waals surface area contributed by atoms with Gasteiger partial charge in [-0.1, -0.05) is 18.2 Å². The molecule has 0 aromatic heterocycles. The van der Waals surface area contributed by atoms with E-state index in [1.54, 1.807) is 0 Å². The summed E-state index contributed by atoms with van der Waals surface area (Å²) in [4.78, 5) is 4.31. The predicted molar refractivity (Wildman–Crippen MR) is 55.9 cm³/mol. The Bertz CT molecular complexity index is 190. The van der Waals surface area contributed by atoms with Crippen molar-refractivity contribution >= 4 is 5.71 Å².